The Morgan fingerprint density at radius 3 is 2.50 bits per heavy atom. The fraction of sp³-hybridized carbons (Fsp3) is 0.667. The average Bonchev–Trinajstić information content (AvgIpc) is 2.47. The Kier molecular flexibility index (Phi) is 4.23. The van der Waals surface area contributed by atoms with Crippen molar-refractivity contribution < 1.29 is 5.11 Å². The van der Waals surface area contributed by atoms with Gasteiger partial charge in [0, 0.05) is 24.8 Å². The lowest BCUT2D eigenvalue weighted by Gasteiger charge is -2.42. The number of aromatic nitrogens is 1. The topological polar surface area (TPSA) is 36.4 Å². The molecule has 1 fully saturated rings. The number of aliphatic hydroxyl groups excluding tert-OH is 1. The molecule has 18 heavy (non-hydrogen) atoms. The third-order valence-electron chi connectivity index (χ3n) is 4.72. The Hall–Kier alpha value is -1.09. The van der Waals surface area contributed by atoms with Gasteiger partial charge in [0.1, 0.15) is 0 Å². The molecule has 100 valence electrons. The minimum atomic E-state index is 0.0983. The molecule has 0 saturated carbocycles. The molecular weight excluding hydrogens is 224 g/mol. The Balaban J connectivity index is 2.10. The minimum absolute atomic E-state index is 0.0983. The largest absolute Gasteiger partial charge is 0.392 e. The third kappa shape index (κ3) is 2.51. The Bertz CT molecular complexity index is 378. The quantitative estimate of drug-likeness (QED) is 0.890. The molecule has 0 unspecified atom stereocenters. The van der Waals surface area contributed by atoms with Crippen LogP contribution in [0.5, 0.6) is 0 Å². The maximum absolute atomic E-state index is 9.39. The monoisotopic (exact) mass is 248 g/mol. The number of aliphatic hydroxyl groups is 1. The second kappa shape index (κ2) is 5.70. The van der Waals surface area contributed by atoms with Gasteiger partial charge in [-0.3, -0.25) is 4.98 Å². The van der Waals surface area contributed by atoms with E-state index in [1.54, 1.807) is 6.20 Å². The summed E-state index contributed by atoms with van der Waals surface area (Å²) in [5.74, 6) is 0. The number of hydrogen-bond acceptors (Lipinski definition) is 3. The summed E-state index contributed by atoms with van der Waals surface area (Å²) in [6.45, 7) is 6.88. The van der Waals surface area contributed by atoms with Gasteiger partial charge in [-0.15, -0.1) is 0 Å². The molecule has 0 radical (unpaired) electrons. The van der Waals surface area contributed by atoms with Crippen molar-refractivity contribution in [3.63, 3.8) is 0 Å². The average molecular weight is 248 g/mol. The number of pyridine rings is 1. The fourth-order valence-corrected chi connectivity index (χ4v) is 3.01. The molecule has 0 aliphatic carbocycles. The van der Waals surface area contributed by atoms with Gasteiger partial charge in [-0.2, -0.15) is 0 Å². The molecule has 3 nitrogen and oxygen atoms in total. The standard InChI is InChI=1S/C15H24N2O/c1-3-15(4-2)6-9-17(10-7-15)14-11-16-8-5-13(14)12-18/h5,8,11,18H,3-4,6-7,9-10,12H2,1-2H3. The first-order valence-corrected chi connectivity index (χ1v) is 7.03. The summed E-state index contributed by atoms with van der Waals surface area (Å²) in [7, 11) is 0. The molecular formula is C15H24N2O. The molecule has 0 atom stereocenters. The molecule has 0 aromatic carbocycles. The van der Waals surface area contributed by atoms with Gasteiger partial charge in [-0.05, 0) is 24.3 Å². The van der Waals surface area contributed by atoms with Gasteiger partial charge in [0.25, 0.3) is 0 Å². The highest BCUT2D eigenvalue weighted by molar-refractivity contribution is 5.51. The molecule has 2 heterocycles. The minimum Gasteiger partial charge on any atom is -0.392 e. The maximum Gasteiger partial charge on any atom is 0.0703 e. The van der Waals surface area contributed by atoms with E-state index in [2.05, 4.69) is 23.7 Å². The van der Waals surface area contributed by atoms with Gasteiger partial charge in [-0.25, -0.2) is 0 Å². The van der Waals surface area contributed by atoms with Crippen LogP contribution in [0.4, 0.5) is 5.69 Å². The van der Waals surface area contributed by atoms with E-state index in [4.69, 9.17) is 0 Å². The predicted octanol–water partition coefficient (Wildman–Crippen LogP) is 2.98. The smallest absolute Gasteiger partial charge is 0.0703 e. The van der Waals surface area contributed by atoms with Crippen molar-refractivity contribution in [2.45, 2.75) is 46.1 Å². The Morgan fingerprint density at radius 2 is 1.94 bits per heavy atom. The van der Waals surface area contributed by atoms with E-state index in [9.17, 15) is 5.11 Å². The Labute approximate surface area is 110 Å². The van der Waals surface area contributed by atoms with Crippen molar-refractivity contribution in [3.8, 4) is 0 Å². The van der Waals surface area contributed by atoms with Gasteiger partial charge in [0.05, 0.1) is 18.5 Å². The Morgan fingerprint density at radius 1 is 1.28 bits per heavy atom. The first kappa shape index (κ1) is 13.3. The van der Waals surface area contributed by atoms with E-state index in [0.29, 0.717) is 5.41 Å². The molecule has 2 rings (SSSR count). The maximum atomic E-state index is 9.39. The first-order valence-electron chi connectivity index (χ1n) is 7.03. The fourth-order valence-electron chi connectivity index (χ4n) is 3.01. The van der Waals surface area contributed by atoms with Crippen LogP contribution in [0.1, 0.15) is 45.1 Å². The second-order valence-electron chi connectivity index (χ2n) is 5.36. The zero-order valence-corrected chi connectivity index (χ0v) is 11.5. The van der Waals surface area contributed by atoms with Gasteiger partial charge >= 0.3 is 0 Å². The summed E-state index contributed by atoms with van der Waals surface area (Å²) in [6.07, 6.45) is 8.69. The van der Waals surface area contributed by atoms with Crippen molar-refractivity contribution in [3.05, 3.63) is 24.0 Å². The van der Waals surface area contributed by atoms with Crippen LogP contribution in [-0.2, 0) is 6.61 Å². The number of nitrogens with zero attached hydrogens (tertiary/aromatic N) is 2. The third-order valence-corrected chi connectivity index (χ3v) is 4.72. The number of piperidine rings is 1. The summed E-state index contributed by atoms with van der Waals surface area (Å²) >= 11 is 0. The van der Waals surface area contributed by atoms with Crippen LogP contribution in [0.2, 0.25) is 0 Å². The van der Waals surface area contributed by atoms with Gasteiger partial charge < -0.3 is 10.0 Å². The summed E-state index contributed by atoms with van der Waals surface area (Å²) in [6, 6.07) is 1.91. The van der Waals surface area contributed by atoms with Crippen molar-refractivity contribution in [1.82, 2.24) is 4.98 Å². The molecule has 0 amide bonds. The van der Waals surface area contributed by atoms with Crippen molar-refractivity contribution >= 4 is 5.69 Å². The molecule has 3 heteroatoms. The second-order valence-corrected chi connectivity index (χ2v) is 5.36. The molecule has 1 aromatic rings. The van der Waals surface area contributed by atoms with E-state index in [1.807, 2.05) is 12.3 Å². The summed E-state index contributed by atoms with van der Waals surface area (Å²) in [4.78, 5) is 6.57. The van der Waals surface area contributed by atoms with E-state index in [-0.39, 0.29) is 6.61 Å². The lowest BCUT2D eigenvalue weighted by Crippen LogP contribution is -2.40. The summed E-state index contributed by atoms with van der Waals surface area (Å²) in [5.41, 5.74) is 2.64. The summed E-state index contributed by atoms with van der Waals surface area (Å²) < 4.78 is 0. The molecule has 1 aliphatic rings. The normalized spacial score (nSPS) is 18.9. The number of hydrogen-bond donors (Lipinski definition) is 1. The van der Waals surface area contributed by atoms with Crippen LogP contribution in [-0.4, -0.2) is 23.2 Å². The van der Waals surface area contributed by atoms with E-state index in [1.165, 1.54) is 25.7 Å². The van der Waals surface area contributed by atoms with Crippen LogP contribution in [0.15, 0.2) is 18.5 Å². The lowest BCUT2D eigenvalue weighted by molar-refractivity contribution is 0.199. The zero-order chi connectivity index (χ0) is 13.0. The number of anilines is 1. The van der Waals surface area contributed by atoms with Crippen molar-refractivity contribution in [2.75, 3.05) is 18.0 Å². The lowest BCUT2D eigenvalue weighted by atomic mass is 9.74. The van der Waals surface area contributed by atoms with Crippen molar-refractivity contribution in [2.24, 2.45) is 5.41 Å². The highest BCUT2D eigenvalue weighted by atomic mass is 16.3. The first-order chi connectivity index (χ1) is 8.74. The van der Waals surface area contributed by atoms with Gasteiger partial charge in [-0.1, -0.05) is 26.7 Å². The molecule has 0 bridgehead atoms. The molecule has 1 aliphatic heterocycles. The van der Waals surface area contributed by atoms with Crippen LogP contribution < -0.4 is 4.90 Å². The van der Waals surface area contributed by atoms with Crippen LogP contribution >= 0.6 is 0 Å². The van der Waals surface area contributed by atoms with E-state index >= 15 is 0 Å². The SMILES string of the molecule is CCC1(CC)CCN(c2cnccc2CO)CC1. The van der Waals surface area contributed by atoms with Crippen LogP contribution in [0.3, 0.4) is 0 Å². The highest BCUT2D eigenvalue weighted by Crippen LogP contribution is 2.39. The molecule has 1 saturated heterocycles. The summed E-state index contributed by atoms with van der Waals surface area (Å²) in [5, 5.41) is 9.39. The van der Waals surface area contributed by atoms with E-state index in [0.717, 1.165) is 24.3 Å². The molecule has 1 aromatic heterocycles. The molecule has 0 spiro atoms. The van der Waals surface area contributed by atoms with Crippen LogP contribution in [0.25, 0.3) is 0 Å². The van der Waals surface area contributed by atoms with Gasteiger partial charge in [0.15, 0.2) is 0 Å². The van der Waals surface area contributed by atoms with Crippen LogP contribution in [0, 0.1) is 5.41 Å². The highest BCUT2D eigenvalue weighted by Gasteiger charge is 2.31. The molecule has 1 N–H and O–H groups in total. The predicted molar refractivity (Wildman–Crippen MR) is 74.6 cm³/mol. The van der Waals surface area contributed by atoms with Gasteiger partial charge in [0.2, 0.25) is 0 Å². The zero-order valence-electron chi connectivity index (χ0n) is 11.5. The number of rotatable bonds is 4. The van der Waals surface area contributed by atoms with Crippen molar-refractivity contribution in [1.29, 1.82) is 0 Å². The van der Waals surface area contributed by atoms with E-state index < -0.39 is 0 Å².